The summed E-state index contributed by atoms with van der Waals surface area (Å²) >= 11 is 0. The lowest BCUT2D eigenvalue weighted by molar-refractivity contribution is 0.00379. The highest BCUT2D eigenvalue weighted by Gasteiger charge is 2.29. The van der Waals surface area contributed by atoms with Crippen molar-refractivity contribution in [2.75, 3.05) is 13.7 Å². The van der Waals surface area contributed by atoms with Crippen LogP contribution in [0, 0.1) is 25.5 Å². The van der Waals surface area contributed by atoms with E-state index in [1.54, 1.807) is 19.4 Å². The molecule has 0 amide bonds. The molecule has 5 rings (SSSR count). The van der Waals surface area contributed by atoms with Gasteiger partial charge in [0, 0.05) is 36.4 Å². The molecule has 1 aliphatic rings. The molecule has 1 fully saturated rings. The summed E-state index contributed by atoms with van der Waals surface area (Å²) in [4.78, 5) is 22.9. The fraction of sp³-hybridized carbons (Fsp3) is 0.320. The van der Waals surface area contributed by atoms with Gasteiger partial charge in [0.2, 0.25) is 5.88 Å². The summed E-state index contributed by atoms with van der Waals surface area (Å²) in [6.45, 7) is 4.19. The van der Waals surface area contributed by atoms with Crippen LogP contribution in [0.4, 0.5) is 8.78 Å². The van der Waals surface area contributed by atoms with Crippen LogP contribution in [0.3, 0.4) is 0 Å². The van der Waals surface area contributed by atoms with Crippen molar-refractivity contribution in [2.24, 2.45) is 0 Å². The Bertz CT molecular complexity index is 1360. The van der Waals surface area contributed by atoms with E-state index in [2.05, 4.69) is 15.0 Å². The number of hydrogen-bond donors (Lipinski definition) is 0. The van der Waals surface area contributed by atoms with Gasteiger partial charge in [-0.25, -0.2) is 33.7 Å². The monoisotopic (exact) mass is 463 g/mol. The van der Waals surface area contributed by atoms with Crippen LogP contribution >= 0.6 is 0 Å². The number of rotatable bonds is 4. The molecule has 1 aliphatic heterocycles. The SMILES string of the molecule is COc1ccc(C2CC(c3nc(-c4ccc(F)cc4F)c4nc(C)c(C)nc4n3)CCO2)cn1. The van der Waals surface area contributed by atoms with Crippen molar-refractivity contribution in [1.29, 1.82) is 0 Å². The fourth-order valence-electron chi connectivity index (χ4n) is 4.15. The van der Waals surface area contributed by atoms with Crippen LogP contribution in [-0.4, -0.2) is 38.6 Å². The van der Waals surface area contributed by atoms with Gasteiger partial charge < -0.3 is 9.47 Å². The molecule has 0 N–H and O–H groups in total. The Labute approximate surface area is 195 Å². The number of halogens is 2. The highest BCUT2D eigenvalue weighted by Crippen LogP contribution is 2.38. The minimum Gasteiger partial charge on any atom is -0.481 e. The third-order valence-corrected chi connectivity index (χ3v) is 6.14. The summed E-state index contributed by atoms with van der Waals surface area (Å²) in [5.41, 5.74) is 3.61. The molecule has 0 aliphatic carbocycles. The van der Waals surface area contributed by atoms with Gasteiger partial charge in [0.1, 0.15) is 28.7 Å². The number of methoxy groups -OCH3 is 1. The van der Waals surface area contributed by atoms with Crippen molar-refractivity contribution in [1.82, 2.24) is 24.9 Å². The van der Waals surface area contributed by atoms with Gasteiger partial charge in [-0.3, -0.25) is 0 Å². The Morgan fingerprint density at radius 2 is 1.82 bits per heavy atom. The molecule has 2 unspecified atom stereocenters. The number of fused-ring (bicyclic) bond motifs is 1. The van der Waals surface area contributed by atoms with Gasteiger partial charge in [-0.1, -0.05) is 0 Å². The van der Waals surface area contributed by atoms with E-state index in [0.717, 1.165) is 17.3 Å². The molecule has 4 aromatic rings. The number of aryl methyl sites for hydroxylation is 2. The average Bonchev–Trinajstić information content (AvgIpc) is 2.84. The highest BCUT2D eigenvalue weighted by atomic mass is 19.1. The minimum atomic E-state index is -0.708. The lowest BCUT2D eigenvalue weighted by Gasteiger charge is -2.29. The van der Waals surface area contributed by atoms with Gasteiger partial charge >= 0.3 is 0 Å². The Morgan fingerprint density at radius 3 is 2.56 bits per heavy atom. The van der Waals surface area contributed by atoms with Gasteiger partial charge in [0.05, 0.1) is 24.6 Å². The maximum absolute atomic E-state index is 14.8. The maximum atomic E-state index is 14.8. The van der Waals surface area contributed by atoms with Crippen molar-refractivity contribution < 1.29 is 18.3 Å². The zero-order valence-corrected chi connectivity index (χ0v) is 19.0. The zero-order chi connectivity index (χ0) is 23.8. The summed E-state index contributed by atoms with van der Waals surface area (Å²) in [5.74, 6) is -0.336. The number of hydrogen-bond acceptors (Lipinski definition) is 7. The Kier molecular flexibility index (Phi) is 5.87. The summed E-state index contributed by atoms with van der Waals surface area (Å²) < 4.78 is 39.5. The first kappa shape index (κ1) is 22.2. The van der Waals surface area contributed by atoms with E-state index >= 15 is 0 Å². The standard InChI is InChI=1S/C25H23F2N5O2/c1-13-14(2)30-25-23(29-13)22(18-6-5-17(26)11-19(18)27)31-24(32-25)15-8-9-34-20(10-15)16-4-7-21(33-3)28-12-16/h4-7,11-12,15,20H,8-10H2,1-3H3. The van der Waals surface area contributed by atoms with Crippen molar-refractivity contribution in [3.8, 4) is 17.1 Å². The topological polar surface area (TPSA) is 82.9 Å². The predicted molar refractivity (Wildman–Crippen MR) is 121 cm³/mol. The molecule has 0 spiro atoms. The minimum absolute atomic E-state index is 0.0454. The number of benzene rings is 1. The third kappa shape index (κ3) is 4.19. The maximum Gasteiger partial charge on any atom is 0.212 e. The van der Waals surface area contributed by atoms with Crippen molar-refractivity contribution in [3.63, 3.8) is 0 Å². The van der Waals surface area contributed by atoms with Crippen LogP contribution < -0.4 is 4.74 Å². The molecule has 0 radical (unpaired) electrons. The van der Waals surface area contributed by atoms with Gasteiger partial charge in [-0.15, -0.1) is 0 Å². The summed E-state index contributed by atoms with van der Waals surface area (Å²) in [6, 6.07) is 7.16. The first-order valence-corrected chi connectivity index (χ1v) is 11.0. The van der Waals surface area contributed by atoms with Crippen LogP contribution in [0.5, 0.6) is 5.88 Å². The fourth-order valence-corrected chi connectivity index (χ4v) is 4.15. The summed E-state index contributed by atoms with van der Waals surface area (Å²) in [5, 5.41) is 0. The molecule has 1 saturated heterocycles. The second kappa shape index (κ2) is 8.98. The summed E-state index contributed by atoms with van der Waals surface area (Å²) in [6.07, 6.45) is 2.89. The van der Waals surface area contributed by atoms with Gasteiger partial charge in [0.15, 0.2) is 5.65 Å². The van der Waals surface area contributed by atoms with Gasteiger partial charge in [-0.2, -0.15) is 0 Å². The average molecular weight is 463 g/mol. The van der Waals surface area contributed by atoms with Crippen molar-refractivity contribution in [2.45, 2.75) is 38.7 Å². The van der Waals surface area contributed by atoms with E-state index in [9.17, 15) is 8.78 Å². The molecule has 0 bridgehead atoms. The van der Waals surface area contributed by atoms with Crippen LogP contribution in [0.1, 0.15) is 47.6 Å². The lowest BCUT2D eigenvalue weighted by Crippen LogP contribution is -2.21. The van der Waals surface area contributed by atoms with Gasteiger partial charge in [-0.05, 0) is 50.5 Å². The molecule has 4 heterocycles. The first-order chi connectivity index (χ1) is 16.4. The molecule has 1 aromatic carbocycles. The Hall–Kier alpha value is -3.59. The molecule has 174 valence electrons. The van der Waals surface area contributed by atoms with Crippen LogP contribution in [-0.2, 0) is 4.74 Å². The molecular formula is C25H23F2N5O2. The lowest BCUT2D eigenvalue weighted by atomic mass is 9.91. The number of ether oxygens (including phenoxy) is 2. The van der Waals surface area contributed by atoms with Crippen LogP contribution in [0.15, 0.2) is 36.5 Å². The van der Waals surface area contributed by atoms with E-state index in [1.807, 2.05) is 19.9 Å². The first-order valence-electron chi connectivity index (χ1n) is 11.0. The predicted octanol–water partition coefficient (Wildman–Crippen LogP) is 5.02. The molecule has 2 atom stereocenters. The van der Waals surface area contributed by atoms with E-state index in [-0.39, 0.29) is 17.6 Å². The summed E-state index contributed by atoms with van der Waals surface area (Å²) in [7, 11) is 1.57. The normalized spacial score (nSPS) is 18.3. The molecule has 9 heteroatoms. The van der Waals surface area contributed by atoms with Crippen LogP contribution in [0.2, 0.25) is 0 Å². The quantitative estimate of drug-likeness (QED) is 0.420. The molecule has 3 aromatic heterocycles. The second-order valence-electron chi connectivity index (χ2n) is 8.34. The second-order valence-corrected chi connectivity index (χ2v) is 8.34. The molecular weight excluding hydrogens is 440 g/mol. The zero-order valence-electron chi connectivity index (χ0n) is 19.0. The Morgan fingerprint density at radius 1 is 1.00 bits per heavy atom. The number of aromatic nitrogens is 5. The molecule has 34 heavy (non-hydrogen) atoms. The van der Waals surface area contributed by atoms with E-state index in [4.69, 9.17) is 19.4 Å². The number of nitrogens with zero attached hydrogens (tertiary/aromatic N) is 5. The van der Waals surface area contributed by atoms with Gasteiger partial charge in [0.25, 0.3) is 0 Å². The largest absolute Gasteiger partial charge is 0.481 e. The third-order valence-electron chi connectivity index (χ3n) is 6.14. The van der Waals surface area contributed by atoms with Crippen molar-refractivity contribution in [3.05, 3.63) is 70.9 Å². The Balaban J connectivity index is 1.58. The van der Waals surface area contributed by atoms with Crippen molar-refractivity contribution >= 4 is 11.2 Å². The molecule has 0 saturated carbocycles. The molecule has 7 nitrogen and oxygen atoms in total. The van der Waals surface area contributed by atoms with E-state index < -0.39 is 11.6 Å². The van der Waals surface area contributed by atoms with E-state index in [1.165, 1.54) is 12.1 Å². The number of pyridine rings is 1. The highest BCUT2D eigenvalue weighted by molar-refractivity contribution is 5.87. The van der Waals surface area contributed by atoms with Crippen LogP contribution in [0.25, 0.3) is 22.4 Å². The van der Waals surface area contributed by atoms with E-state index in [0.29, 0.717) is 53.7 Å². The smallest absolute Gasteiger partial charge is 0.212 e.